The summed E-state index contributed by atoms with van der Waals surface area (Å²) < 4.78 is 6.37. The zero-order valence-corrected chi connectivity index (χ0v) is 23.4. The fraction of sp³-hybridized carbons (Fsp3) is 0.267. The average Bonchev–Trinajstić information content (AvgIpc) is 2.93. The summed E-state index contributed by atoms with van der Waals surface area (Å²) in [6, 6.07) is 19.6. The third-order valence-electron chi connectivity index (χ3n) is 5.88. The smallest absolute Gasteiger partial charge is 0.272 e. The quantitative estimate of drug-likeness (QED) is 0.0869. The van der Waals surface area contributed by atoms with Crippen molar-refractivity contribution < 1.29 is 19.2 Å². The fourth-order valence-corrected chi connectivity index (χ4v) is 4.26. The van der Waals surface area contributed by atoms with Gasteiger partial charge in [0.05, 0.1) is 17.1 Å². The number of nitro groups is 1. The molecule has 0 heterocycles. The molecule has 204 valence electrons. The number of amides is 2. The van der Waals surface area contributed by atoms with Crippen molar-refractivity contribution in [2.75, 3.05) is 11.9 Å². The molecule has 39 heavy (non-hydrogen) atoms. The molecule has 0 saturated heterocycles. The minimum atomic E-state index is -0.581. The lowest BCUT2D eigenvalue weighted by Gasteiger charge is -2.13. The molecule has 2 amide bonds. The Morgan fingerprint density at radius 3 is 2.38 bits per heavy atom. The maximum absolute atomic E-state index is 13.2. The number of nitro benzene ring substituents is 1. The molecule has 0 aromatic heterocycles. The summed E-state index contributed by atoms with van der Waals surface area (Å²) in [5.41, 5.74) is 1.03. The van der Waals surface area contributed by atoms with Gasteiger partial charge in [-0.05, 0) is 70.4 Å². The Labute approximate surface area is 236 Å². The van der Waals surface area contributed by atoms with Gasteiger partial charge in [0.15, 0.2) is 0 Å². The summed E-state index contributed by atoms with van der Waals surface area (Å²) in [7, 11) is 0. The first kappa shape index (κ1) is 29.6. The van der Waals surface area contributed by atoms with Crippen LogP contribution in [0.5, 0.6) is 5.75 Å². The largest absolute Gasteiger partial charge is 0.494 e. The van der Waals surface area contributed by atoms with Gasteiger partial charge in [-0.25, -0.2) is 0 Å². The summed E-state index contributed by atoms with van der Waals surface area (Å²) in [5, 5.41) is 16.6. The van der Waals surface area contributed by atoms with Crippen LogP contribution < -0.4 is 15.4 Å². The van der Waals surface area contributed by atoms with Crippen LogP contribution in [0.25, 0.3) is 6.08 Å². The van der Waals surface area contributed by atoms with E-state index < -0.39 is 16.7 Å². The number of non-ortho nitro benzene ring substituents is 1. The summed E-state index contributed by atoms with van der Waals surface area (Å²) in [6.07, 6.45) is 8.49. The van der Waals surface area contributed by atoms with E-state index in [1.54, 1.807) is 54.6 Å². The number of ether oxygens (including phenoxy) is 1. The molecule has 0 aliphatic carbocycles. The molecule has 0 unspecified atom stereocenters. The van der Waals surface area contributed by atoms with E-state index in [1.165, 1.54) is 50.0 Å². The Morgan fingerprint density at radius 2 is 1.67 bits per heavy atom. The van der Waals surface area contributed by atoms with Gasteiger partial charge in [0.2, 0.25) is 0 Å². The van der Waals surface area contributed by atoms with Crippen LogP contribution in [0.3, 0.4) is 0 Å². The van der Waals surface area contributed by atoms with Crippen molar-refractivity contribution in [2.24, 2.45) is 0 Å². The highest BCUT2D eigenvalue weighted by atomic mass is 79.9. The maximum atomic E-state index is 13.2. The van der Waals surface area contributed by atoms with Gasteiger partial charge in [0.1, 0.15) is 11.4 Å². The Bertz CT molecular complexity index is 1310. The van der Waals surface area contributed by atoms with Crippen molar-refractivity contribution in [3.05, 3.63) is 104 Å². The van der Waals surface area contributed by atoms with E-state index in [9.17, 15) is 19.7 Å². The molecule has 0 radical (unpaired) electrons. The van der Waals surface area contributed by atoms with E-state index in [0.717, 1.165) is 12.8 Å². The number of carbonyl (C=O) groups excluding carboxylic acids is 2. The lowest BCUT2D eigenvalue weighted by molar-refractivity contribution is -0.384. The van der Waals surface area contributed by atoms with E-state index in [1.807, 2.05) is 0 Å². The van der Waals surface area contributed by atoms with Crippen LogP contribution in [0.1, 0.15) is 61.4 Å². The predicted octanol–water partition coefficient (Wildman–Crippen LogP) is 7.51. The van der Waals surface area contributed by atoms with Crippen LogP contribution in [0.15, 0.2) is 83.0 Å². The van der Waals surface area contributed by atoms with Gasteiger partial charge in [-0.15, -0.1) is 0 Å². The van der Waals surface area contributed by atoms with E-state index in [2.05, 4.69) is 33.5 Å². The number of nitrogens with zero attached hydrogens (tertiary/aromatic N) is 1. The number of unbranched alkanes of at least 4 members (excludes halogenated alkanes) is 5. The van der Waals surface area contributed by atoms with Gasteiger partial charge in [0, 0.05) is 22.3 Å². The summed E-state index contributed by atoms with van der Waals surface area (Å²) >= 11 is 3.35. The van der Waals surface area contributed by atoms with Crippen molar-refractivity contribution in [1.82, 2.24) is 5.32 Å². The van der Waals surface area contributed by atoms with Gasteiger partial charge in [-0.3, -0.25) is 19.7 Å². The molecule has 0 atom stereocenters. The second kappa shape index (κ2) is 15.4. The number of hydrogen-bond donors (Lipinski definition) is 2. The van der Waals surface area contributed by atoms with Crippen LogP contribution in [0.4, 0.5) is 11.4 Å². The molecule has 2 N–H and O–H groups in total. The monoisotopic (exact) mass is 593 g/mol. The number of carbonyl (C=O) groups is 2. The molecule has 0 fully saturated rings. The topological polar surface area (TPSA) is 111 Å². The van der Waals surface area contributed by atoms with Crippen molar-refractivity contribution >= 4 is 45.2 Å². The highest BCUT2D eigenvalue weighted by Gasteiger charge is 2.17. The molecule has 0 saturated carbocycles. The molecule has 0 aliphatic heterocycles. The Balaban J connectivity index is 1.70. The van der Waals surface area contributed by atoms with Crippen molar-refractivity contribution in [1.29, 1.82) is 0 Å². The fourth-order valence-electron chi connectivity index (χ4n) is 3.79. The van der Waals surface area contributed by atoms with Crippen molar-refractivity contribution in [3.63, 3.8) is 0 Å². The third kappa shape index (κ3) is 9.68. The molecule has 3 rings (SSSR count). The second-order valence-corrected chi connectivity index (χ2v) is 9.79. The molecule has 0 aliphatic rings. The maximum Gasteiger partial charge on any atom is 0.272 e. The molecular formula is C30H32BrN3O5. The standard InChI is InChI=1S/C30H32BrN3O5/c1-2-3-4-5-6-9-19-39-25-17-15-23(16-18-25)32-30(36)28(21-22-11-10-12-24(20-22)34(37)38)33-29(35)26-13-7-8-14-27(26)31/h7-8,10-18,20-21H,2-6,9,19H2,1H3,(H,32,36)(H,33,35). The Morgan fingerprint density at radius 1 is 0.949 bits per heavy atom. The highest BCUT2D eigenvalue weighted by molar-refractivity contribution is 9.10. The normalized spacial score (nSPS) is 11.1. The van der Waals surface area contributed by atoms with Gasteiger partial charge in [-0.2, -0.15) is 0 Å². The molecule has 0 bridgehead atoms. The van der Waals surface area contributed by atoms with Crippen LogP contribution in [0, 0.1) is 10.1 Å². The van der Waals surface area contributed by atoms with Crippen molar-refractivity contribution in [3.8, 4) is 5.75 Å². The first-order valence-corrected chi connectivity index (χ1v) is 13.7. The molecular weight excluding hydrogens is 562 g/mol. The van der Waals surface area contributed by atoms with E-state index in [4.69, 9.17) is 4.74 Å². The molecule has 3 aromatic rings. The lowest BCUT2D eigenvalue weighted by Crippen LogP contribution is -2.31. The lowest BCUT2D eigenvalue weighted by atomic mass is 10.1. The van der Waals surface area contributed by atoms with E-state index >= 15 is 0 Å². The number of rotatable bonds is 14. The Hall–Kier alpha value is -3.98. The number of hydrogen-bond acceptors (Lipinski definition) is 5. The predicted molar refractivity (Wildman–Crippen MR) is 157 cm³/mol. The van der Waals surface area contributed by atoms with Crippen molar-refractivity contribution in [2.45, 2.75) is 45.4 Å². The number of benzene rings is 3. The van der Waals surface area contributed by atoms with Crippen LogP contribution in [0.2, 0.25) is 0 Å². The molecule has 0 spiro atoms. The molecule has 8 nitrogen and oxygen atoms in total. The SMILES string of the molecule is CCCCCCCCOc1ccc(NC(=O)C(=Cc2cccc([N+](=O)[O-])c2)NC(=O)c2ccccc2Br)cc1. The average molecular weight is 595 g/mol. The molecule has 3 aromatic carbocycles. The minimum absolute atomic E-state index is 0.0698. The van der Waals surface area contributed by atoms with Crippen LogP contribution >= 0.6 is 15.9 Å². The number of halogens is 1. The molecule has 9 heteroatoms. The van der Waals surface area contributed by atoms with Crippen LogP contribution in [-0.2, 0) is 4.79 Å². The van der Waals surface area contributed by atoms with E-state index in [-0.39, 0.29) is 11.4 Å². The van der Waals surface area contributed by atoms with Gasteiger partial charge in [-0.1, -0.05) is 63.3 Å². The van der Waals surface area contributed by atoms with Gasteiger partial charge < -0.3 is 15.4 Å². The Kier molecular flexibility index (Phi) is 11.7. The highest BCUT2D eigenvalue weighted by Crippen LogP contribution is 2.20. The number of nitrogens with one attached hydrogen (secondary N) is 2. The third-order valence-corrected chi connectivity index (χ3v) is 6.57. The van der Waals surface area contributed by atoms with Gasteiger partial charge >= 0.3 is 0 Å². The minimum Gasteiger partial charge on any atom is -0.494 e. The first-order valence-electron chi connectivity index (χ1n) is 12.9. The zero-order valence-electron chi connectivity index (χ0n) is 21.8. The zero-order chi connectivity index (χ0) is 28.0. The van der Waals surface area contributed by atoms with Crippen LogP contribution in [-0.4, -0.2) is 23.3 Å². The summed E-state index contributed by atoms with van der Waals surface area (Å²) in [4.78, 5) is 36.9. The van der Waals surface area contributed by atoms with E-state index in [0.29, 0.717) is 33.6 Å². The first-order chi connectivity index (χ1) is 18.9. The second-order valence-electron chi connectivity index (χ2n) is 8.94. The number of anilines is 1. The van der Waals surface area contributed by atoms with Gasteiger partial charge in [0.25, 0.3) is 17.5 Å². The summed E-state index contributed by atoms with van der Waals surface area (Å²) in [5.74, 6) is -0.383. The summed E-state index contributed by atoms with van der Waals surface area (Å²) in [6.45, 7) is 2.83.